The number of rotatable bonds is 9. The van der Waals surface area contributed by atoms with E-state index in [1.54, 1.807) is 6.07 Å². The van der Waals surface area contributed by atoms with Crippen molar-refractivity contribution in [1.29, 1.82) is 0 Å². The molecule has 1 saturated heterocycles. The lowest BCUT2D eigenvalue weighted by Crippen LogP contribution is -2.36. The number of aromatic carboxylic acids is 1. The van der Waals surface area contributed by atoms with Crippen LogP contribution in [0, 0.1) is 0 Å². The van der Waals surface area contributed by atoms with Gasteiger partial charge in [-0.2, -0.15) is 8.78 Å². The van der Waals surface area contributed by atoms with Gasteiger partial charge in [0, 0.05) is 23.8 Å². The number of hydrogen-bond acceptors (Lipinski definition) is 4. The molecular formula is C23H25F2NO4S. The van der Waals surface area contributed by atoms with Crippen molar-refractivity contribution in [1.82, 2.24) is 4.90 Å². The molecule has 31 heavy (non-hydrogen) atoms. The van der Waals surface area contributed by atoms with E-state index >= 15 is 0 Å². The van der Waals surface area contributed by atoms with Crippen molar-refractivity contribution < 1.29 is 28.6 Å². The number of aliphatic hydroxyl groups excluding tert-OH is 1. The molecule has 8 heteroatoms. The number of halogens is 2. The van der Waals surface area contributed by atoms with Crippen molar-refractivity contribution in [3.8, 4) is 0 Å². The van der Waals surface area contributed by atoms with E-state index in [1.807, 2.05) is 37.3 Å². The standard InChI is InChI=1S/C23H25F2NO4S/c1-15(16-6-3-2-4-7-16)19(27)11-9-17-14-23(24,25)22(30)26(17)13-5-8-18-10-12-20(31-18)21(28)29/h2-4,6-7,9-12,15,17,19,27H,5,8,13-14H2,1H3,(H,28,29)/b11-9+/t15-,17?,19+/m0/s1. The molecule has 5 nitrogen and oxygen atoms in total. The number of amides is 1. The first kappa shape index (κ1) is 23.1. The molecule has 3 rings (SSSR count). The number of nitrogens with zero attached hydrogens (tertiary/aromatic N) is 1. The Labute approximate surface area is 183 Å². The van der Waals surface area contributed by atoms with Crippen LogP contribution in [0.5, 0.6) is 0 Å². The van der Waals surface area contributed by atoms with Gasteiger partial charge in [0.1, 0.15) is 4.88 Å². The van der Waals surface area contributed by atoms with Gasteiger partial charge in [0.25, 0.3) is 5.91 Å². The predicted octanol–water partition coefficient (Wildman–Crippen LogP) is 4.34. The highest BCUT2D eigenvalue weighted by atomic mass is 32.1. The molecule has 1 aromatic heterocycles. The Balaban J connectivity index is 1.62. The van der Waals surface area contributed by atoms with Crippen LogP contribution in [0.3, 0.4) is 0 Å². The summed E-state index contributed by atoms with van der Waals surface area (Å²) in [4.78, 5) is 25.4. The van der Waals surface area contributed by atoms with Crippen LogP contribution in [-0.4, -0.2) is 51.6 Å². The third-order valence-corrected chi connectivity index (χ3v) is 6.64. The summed E-state index contributed by atoms with van der Waals surface area (Å²) in [7, 11) is 0. The second kappa shape index (κ2) is 9.70. The van der Waals surface area contributed by atoms with Gasteiger partial charge in [0.05, 0.1) is 12.1 Å². The summed E-state index contributed by atoms with van der Waals surface area (Å²) in [6.07, 6.45) is 2.44. The van der Waals surface area contributed by atoms with Gasteiger partial charge in [-0.15, -0.1) is 11.3 Å². The summed E-state index contributed by atoms with van der Waals surface area (Å²) in [5.74, 6) is -5.85. The summed E-state index contributed by atoms with van der Waals surface area (Å²) >= 11 is 1.14. The maximum absolute atomic E-state index is 14.1. The summed E-state index contributed by atoms with van der Waals surface area (Å²) < 4.78 is 28.2. The first-order valence-corrected chi connectivity index (χ1v) is 10.9. The number of likely N-dealkylation sites (tertiary alicyclic amines) is 1. The summed E-state index contributed by atoms with van der Waals surface area (Å²) in [6, 6.07) is 11.8. The Morgan fingerprint density at radius 2 is 2.00 bits per heavy atom. The van der Waals surface area contributed by atoms with Gasteiger partial charge < -0.3 is 15.1 Å². The number of aliphatic hydroxyl groups is 1. The molecule has 1 aliphatic heterocycles. The Morgan fingerprint density at radius 1 is 1.29 bits per heavy atom. The maximum Gasteiger partial charge on any atom is 0.345 e. The SMILES string of the molecule is C[C@@H](c1ccccc1)[C@H](O)/C=C/C1CC(F)(F)C(=O)N1CCCc1ccc(C(=O)O)s1. The average Bonchev–Trinajstić information content (AvgIpc) is 3.30. The number of hydrogen-bond donors (Lipinski definition) is 2. The molecule has 0 aliphatic carbocycles. The monoisotopic (exact) mass is 449 g/mol. The molecule has 0 radical (unpaired) electrons. The largest absolute Gasteiger partial charge is 0.477 e. The minimum absolute atomic E-state index is 0.133. The lowest BCUT2D eigenvalue weighted by molar-refractivity contribution is -0.148. The fourth-order valence-electron chi connectivity index (χ4n) is 3.67. The highest BCUT2D eigenvalue weighted by molar-refractivity contribution is 7.13. The van der Waals surface area contributed by atoms with Gasteiger partial charge in [-0.05, 0) is 30.5 Å². The summed E-state index contributed by atoms with van der Waals surface area (Å²) in [5.41, 5.74) is 0.931. The van der Waals surface area contributed by atoms with E-state index in [1.165, 1.54) is 18.2 Å². The minimum Gasteiger partial charge on any atom is -0.477 e. The van der Waals surface area contributed by atoms with Crippen LogP contribution in [0.15, 0.2) is 54.6 Å². The van der Waals surface area contributed by atoms with Crippen molar-refractivity contribution in [3.05, 3.63) is 69.9 Å². The first-order valence-electron chi connectivity index (χ1n) is 10.1. The van der Waals surface area contributed by atoms with Crippen molar-refractivity contribution in [2.24, 2.45) is 0 Å². The van der Waals surface area contributed by atoms with E-state index in [0.29, 0.717) is 12.8 Å². The molecule has 3 atom stereocenters. The van der Waals surface area contributed by atoms with E-state index in [2.05, 4.69) is 0 Å². The maximum atomic E-state index is 14.1. The van der Waals surface area contributed by atoms with Crippen LogP contribution in [0.25, 0.3) is 0 Å². The molecule has 1 fully saturated rings. The molecule has 1 aromatic carbocycles. The van der Waals surface area contributed by atoms with Gasteiger partial charge in [0.15, 0.2) is 0 Å². The fraction of sp³-hybridized carbons (Fsp3) is 0.391. The molecule has 2 heterocycles. The smallest absolute Gasteiger partial charge is 0.345 e. The van der Waals surface area contributed by atoms with E-state index in [4.69, 9.17) is 5.11 Å². The van der Waals surface area contributed by atoms with Crippen molar-refractivity contribution in [3.63, 3.8) is 0 Å². The van der Waals surface area contributed by atoms with Gasteiger partial charge in [-0.3, -0.25) is 4.79 Å². The Kier molecular flexibility index (Phi) is 7.23. The quantitative estimate of drug-likeness (QED) is 0.559. The summed E-state index contributed by atoms with van der Waals surface area (Å²) in [5, 5.41) is 19.4. The van der Waals surface area contributed by atoms with Crippen molar-refractivity contribution in [2.75, 3.05) is 6.54 Å². The number of carbonyl (C=O) groups is 2. The molecule has 1 aliphatic rings. The lowest BCUT2D eigenvalue weighted by atomic mass is 9.94. The molecule has 1 amide bonds. The highest BCUT2D eigenvalue weighted by Crippen LogP contribution is 2.34. The van der Waals surface area contributed by atoms with Gasteiger partial charge >= 0.3 is 11.9 Å². The molecule has 2 N–H and O–H groups in total. The molecule has 1 unspecified atom stereocenters. The van der Waals surface area contributed by atoms with E-state index < -0.39 is 36.4 Å². The Morgan fingerprint density at radius 3 is 2.65 bits per heavy atom. The summed E-state index contributed by atoms with van der Waals surface area (Å²) in [6.45, 7) is 1.98. The zero-order valence-electron chi connectivity index (χ0n) is 17.1. The predicted molar refractivity (Wildman–Crippen MR) is 115 cm³/mol. The van der Waals surface area contributed by atoms with Gasteiger partial charge in [0.2, 0.25) is 0 Å². The van der Waals surface area contributed by atoms with E-state index in [9.17, 15) is 23.5 Å². The normalized spacial score (nSPS) is 20.3. The number of carboxylic acids is 1. The molecule has 2 aromatic rings. The molecule has 166 valence electrons. The van der Waals surface area contributed by atoms with E-state index in [-0.39, 0.29) is 17.3 Å². The fourth-order valence-corrected chi connectivity index (χ4v) is 4.56. The number of benzene rings is 1. The van der Waals surface area contributed by atoms with Crippen molar-refractivity contribution >= 4 is 23.2 Å². The Hall–Kier alpha value is -2.58. The second-order valence-corrected chi connectivity index (χ2v) is 8.89. The van der Waals surface area contributed by atoms with Gasteiger partial charge in [-0.25, -0.2) is 4.79 Å². The minimum atomic E-state index is -3.43. The number of aryl methyl sites for hydroxylation is 1. The zero-order chi connectivity index (χ0) is 22.6. The third kappa shape index (κ3) is 5.57. The molecule has 0 spiro atoms. The number of carbonyl (C=O) groups excluding carboxylic acids is 1. The van der Waals surface area contributed by atoms with Crippen LogP contribution < -0.4 is 0 Å². The molecular weight excluding hydrogens is 424 g/mol. The lowest BCUT2D eigenvalue weighted by Gasteiger charge is -2.22. The number of carboxylic acid groups (broad SMARTS) is 1. The molecule has 0 bridgehead atoms. The third-order valence-electron chi connectivity index (χ3n) is 5.50. The average molecular weight is 450 g/mol. The van der Waals surface area contributed by atoms with Crippen LogP contribution in [0.4, 0.5) is 8.78 Å². The van der Waals surface area contributed by atoms with Crippen LogP contribution in [-0.2, 0) is 11.2 Å². The first-order chi connectivity index (χ1) is 14.7. The van der Waals surface area contributed by atoms with Crippen LogP contribution in [0.2, 0.25) is 0 Å². The zero-order valence-corrected chi connectivity index (χ0v) is 17.9. The topological polar surface area (TPSA) is 77.8 Å². The highest BCUT2D eigenvalue weighted by Gasteiger charge is 2.52. The second-order valence-electron chi connectivity index (χ2n) is 7.72. The van der Waals surface area contributed by atoms with Crippen LogP contribution in [0.1, 0.15) is 45.8 Å². The van der Waals surface area contributed by atoms with Gasteiger partial charge in [-0.1, -0.05) is 49.4 Å². The van der Waals surface area contributed by atoms with E-state index in [0.717, 1.165) is 26.7 Å². The van der Waals surface area contributed by atoms with Crippen molar-refractivity contribution in [2.45, 2.75) is 50.2 Å². The number of alkyl halides is 2. The van der Waals surface area contributed by atoms with Crippen LogP contribution >= 0.6 is 11.3 Å². The number of thiophene rings is 1. The Bertz CT molecular complexity index is 944. The molecule has 0 saturated carbocycles.